The van der Waals surface area contributed by atoms with Gasteiger partial charge in [0.1, 0.15) is 19.3 Å². The predicted molar refractivity (Wildman–Crippen MR) is 163 cm³/mol. The van der Waals surface area contributed by atoms with Crippen molar-refractivity contribution in [3.8, 4) is 0 Å². The average molecular weight is 547 g/mol. The van der Waals surface area contributed by atoms with Gasteiger partial charge in [-0.15, -0.1) is 0 Å². The van der Waals surface area contributed by atoms with Gasteiger partial charge in [0.05, 0.1) is 50.3 Å². The molecule has 0 aliphatic heterocycles. The number of ether oxygens (including phenoxy) is 2. The fourth-order valence-electron chi connectivity index (χ4n) is 4.68. The zero-order chi connectivity index (χ0) is 28.9. The number of quaternary nitrogens is 1. The molecule has 1 atom stereocenters. The lowest BCUT2D eigenvalue weighted by Gasteiger charge is -2.29. The summed E-state index contributed by atoms with van der Waals surface area (Å²) >= 11 is 0. The van der Waals surface area contributed by atoms with Crippen molar-refractivity contribution in [3.63, 3.8) is 0 Å². The summed E-state index contributed by atoms with van der Waals surface area (Å²) in [5, 5.41) is 0. The van der Waals surface area contributed by atoms with Crippen LogP contribution >= 0.6 is 0 Å². The minimum atomic E-state index is -0.242. The second-order valence-corrected chi connectivity index (χ2v) is 12.2. The summed E-state index contributed by atoms with van der Waals surface area (Å²) in [7, 11) is 6.37. The number of likely N-dealkylation sites (N-methyl/N-ethyl adjacent to an activating group) is 1. The Morgan fingerprint density at radius 3 is 1.90 bits per heavy atom. The Balaban J connectivity index is 2.17. The summed E-state index contributed by atoms with van der Waals surface area (Å²) in [4.78, 5) is 21.6. The van der Waals surface area contributed by atoms with Gasteiger partial charge in [-0.2, -0.15) is 0 Å². The van der Waals surface area contributed by atoms with E-state index in [-0.39, 0.29) is 25.1 Å². The molecule has 39 heavy (non-hydrogen) atoms. The molecule has 1 rings (SSSR count). The normalized spacial score (nSPS) is 12.8. The van der Waals surface area contributed by atoms with Crippen LogP contribution in [0.25, 0.3) is 0 Å². The maximum Gasteiger partial charge on any atom is 0.309 e. The van der Waals surface area contributed by atoms with Crippen LogP contribution in [0, 0.1) is 20.8 Å². The van der Waals surface area contributed by atoms with Gasteiger partial charge < -0.3 is 14.0 Å². The lowest BCUT2D eigenvalue weighted by atomic mass is 10.1. The van der Waals surface area contributed by atoms with Crippen LogP contribution in [0.3, 0.4) is 0 Å². The largest absolute Gasteiger partial charge is 0.459 e. The van der Waals surface area contributed by atoms with Crippen LogP contribution in [0.1, 0.15) is 126 Å². The van der Waals surface area contributed by atoms with Gasteiger partial charge in [0.25, 0.3) is 0 Å². The first-order valence-electron chi connectivity index (χ1n) is 15.7. The molecule has 1 aromatic rings. The Hall–Kier alpha value is -1.79. The van der Waals surface area contributed by atoms with Crippen LogP contribution in [-0.2, 0) is 20.9 Å². The van der Waals surface area contributed by atoms with Gasteiger partial charge in [-0.05, 0) is 52.9 Å². The van der Waals surface area contributed by atoms with Crippen LogP contribution in [0.4, 0.5) is 0 Å². The summed E-state index contributed by atoms with van der Waals surface area (Å²) in [6, 6.07) is 0. The Morgan fingerprint density at radius 2 is 1.31 bits per heavy atom. The molecular weight excluding hydrogens is 486 g/mol. The highest BCUT2D eigenvalue weighted by molar-refractivity contribution is 5.70. The van der Waals surface area contributed by atoms with Gasteiger partial charge in [-0.25, -0.2) is 0 Å². The molecule has 0 bridgehead atoms. The van der Waals surface area contributed by atoms with E-state index >= 15 is 0 Å². The van der Waals surface area contributed by atoms with E-state index in [1.54, 1.807) is 0 Å². The van der Waals surface area contributed by atoms with Gasteiger partial charge in [-0.3, -0.25) is 14.8 Å². The highest BCUT2D eigenvalue weighted by Gasteiger charge is 2.23. The van der Waals surface area contributed by atoms with E-state index in [1.165, 1.54) is 83.5 Å². The lowest BCUT2D eigenvalue weighted by molar-refractivity contribution is -0.873. The van der Waals surface area contributed by atoms with Crippen molar-refractivity contribution in [1.29, 1.82) is 0 Å². The second-order valence-electron chi connectivity index (χ2n) is 12.2. The number of aryl methyl sites for hydroxylation is 3. The number of carbonyl (C=O) groups is 1. The molecule has 1 aromatic heterocycles. The number of esters is 1. The van der Waals surface area contributed by atoms with Gasteiger partial charge in [0.2, 0.25) is 0 Å². The zero-order valence-electron chi connectivity index (χ0n) is 26.5. The molecule has 6 nitrogen and oxygen atoms in total. The molecule has 0 saturated carbocycles. The molecule has 0 amide bonds. The smallest absolute Gasteiger partial charge is 0.309 e. The van der Waals surface area contributed by atoms with Crippen molar-refractivity contribution < 1.29 is 18.8 Å². The summed E-state index contributed by atoms with van der Waals surface area (Å²) < 4.78 is 12.5. The van der Waals surface area contributed by atoms with Crippen molar-refractivity contribution in [2.75, 3.05) is 34.3 Å². The molecule has 1 unspecified atom stereocenters. The van der Waals surface area contributed by atoms with E-state index in [0.29, 0.717) is 6.61 Å². The third-order valence-electron chi connectivity index (χ3n) is 7.10. The van der Waals surface area contributed by atoms with Crippen molar-refractivity contribution in [2.24, 2.45) is 0 Å². The average Bonchev–Trinajstić information content (AvgIpc) is 2.86. The summed E-state index contributed by atoms with van der Waals surface area (Å²) in [5.74, 6) is -0.242. The highest BCUT2D eigenvalue weighted by atomic mass is 16.5. The number of nitrogens with zero attached hydrogens (tertiary/aromatic N) is 3. The van der Waals surface area contributed by atoms with E-state index < -0.39 is 0 Å². The number of aromatic nitrogens is 2. The highest BCUT2D eigenvalue weighted by Crippen LogP contribution is 2.13. The maximum absolute atomic E-state index is 12.6. The Morgan fingerprint density at radius 1 is 0.769 bits per heavy atom. The van der Waals surface area contributed by atoms with E-state index in [0.717, 1.165) is 40.2 Å². The summed E-state index contributed by atoms with van der Waals surface area (Å²) in [5.41, 5.74) is 3.31. The molecular formula is C33H60N3O3+. The van der Waals surface area contributed by atoms with Crippen LogP contribution in [0.5, 0.6) is 0 Å². The molecule has 0 spiro atoms. The van der Waals surface area contributed by atoms with Crippen molar-refractivity contribution >= 4 is 5.97 Å². The van der Waals surface area contributed by atoms with Crippen molar-refractivity contribution in [2.45, 2.75) is 137 Å². The van der Waals surface area contributed by atoms with Crippen LogP contribution in [-0.4, -0.2) is 60.8 Å². The van der Waals surface area contributed by atoms with Gasteiger partial charge in [0, 0.05) is 6.61 Å². The molecule has 224 valence electrons. The lowest BCUT2D eigenvalue weighted by Crippen LogP contribution is -2.43. The Bertz CT molecular complexity index is 817. The molecule has 0 aromatic carbocycles. The molecule has 0 fully saturated rings. The molecule has 0 aliphatic carbocycles. The maximum atomic E-state index is 12.6. The minimum Gasteiger partial charge on any atom is -0.459 e. The third kappa shape index (κ3) is 19.0. The monoisotopic (exact) mass is 546 g/mol. The van der Waals surface area contributed by atoms with Gasteiger partial charge in [-0.1, -0.05) is 76.9 Å². The number of hydrogen-bond donors (Lipinski definition) is 0. The first-order valence-corrected chi connectivity index (χ1v) is 15.7. The third-order valence-corrected chi connectivity index (χ3v) is 7.10. The topological polar surface area (TPSA) is 61.3 Å². The zero-order valence-corrected chi connectivity index (χ0v) is 26.5. The quantitative estimate of drug-likeness (QED) is 0.0603. The summed E-state index contributed by atoms with van der Waals surface area (Å²) in [6.07, 6.45) is 23.0. The summed E-state index contributed by atoms with van der Waals surface area (Å²) in [6.45, 7) is 9.66. The van der Waals surface area contributed by atoms with E-state index in [9.17, 15) is 4.79 Å². The predicted octanol–water partition coefficient (Wildman–Crippen LogP) is 7.96. The molecule has 0 radical (unpaired) electrons. The molecule has 6 heteroatoms. The molecule has 1 heterocycles. The minimum absolute atomic E-state index is 0.146. The number of carbonyl (C=O) groups excluding carboxylic acids is 1. The van der Waals surface area contributed by atoms with E-state index in [2.05, 4.69) is 50.2 Å². The SMILES string of the molecule is CCCCCCCC/C=C/CCCCCCCCOC(CC(=O)OCc1nc(C)c(C)nc1C)C[N+](C)(C)C. The second kappa shape index (κ2) is 21.0. The molecule has 0 aliphatic rings. The fourth-order valence-corrected chi connectivity index (χ4v) is 4.68. The van der Waals surface area contributed by atoms with E-state index in [1.807, 2.05) is 20.8 Å². The molecule has 0 N–H and O–H groups in total. The first kappa shape index (κ1) is 35.2. The number of rotatable bonds is 23. The van der Waals surface area contributed by atoms with Crippen molar-refractivity contribution in [3.05, 3.63) is 34.9 Å². The number of unbranched alkanes of at least 4 members (excludes halogenated alkanes) is 12. The van der Waals surface area contributed by atoms with Crippen LogP contribution < -0.4 is 0 Å². The van der Waals surface area contributed by atoms with Gasteiger partial charge >= 0.3 is 5.97 Å². The van der Waals surface area contributed by atoms with Crippen LogP contribution in [0.2, 0.25) is 0 Å². The van der Waals surface area contributed by atoms with Crippen LogP contribution in [0.15, 0.2) is 12.2 Å². The number of hydrogen-bond acceptors (Lipinski definition) is 5. The number of allylic oxidation sites excluding steroid dienone is 2. The van der Waals surface area contributed by atoms with Crippen molar-refractivity contribution in [1.82, 2.24) is 9.97 Å². The van der Waals surface area contributed by atoms with E-state index in [4.69, 9.17) is 9.47 Å². The Kier molecular flexibility index (Phi) is 19.0. The first-order chi connectivity index (χ1) is 18.6. The Labute approximate surface area is 240 Å². The fraction of sp³-hybridized carbons (Fsp3) is 0.788. The standard InChI is InChI=1S/C33H60N3O3/c1-8-9-10-11-12-13-14-15-16-17-18-19-20-21-22-23-24-38-31(26-36(5,6)7)25-33(37)39-27-32-30(4)34-28(2)29(3)35-32/h15-16,31H,8-14,17-27H2,1-7H3/q+1/b16-15+. The molecule has 0 saturated heterocycles. The van der Waals surface area contributed by atoms with Gasteiger partial charge in [0.15, 0.2) is 0 Å².